The number of nitrogens with zero attached hydrogens (tertiary/aromatic N) is 1. The molecular formula is C18H14F3NO5. The molecule has 1 saturated carbocycles. The van der Waals surface area contributed by atoms with E-state index in [4.69, 9.17) is 9.47 Å². The maximum Gasteiger partial charge on any atom is 0.416 e. The number of alkyl halides is 3. The topological polar surface area (TPSA) is 78.7 Å². The van der Waals surface area contributed by atoms with Crippen molar-refractivity contribution in [1.29, 1.82) is 0 Å². The molecule has 9 heteroatoms. The lowest BCUT2D eigenvalue weighted by atomic mass is 10.1. The molecule has 0 saturated heterocycles. The van der Waals surface area contributed by atoms with E-state index in [2.05, 4.69) is 0 Å². The molecule has 0 heterocycles. The van der Waals surface area contributed by atoms with Crippen LogP contribution in [0.5, 0.6) is 11.5 Å². The minimum Gasteiger partial charge on any atom is -0.493 e. The third kappa shape index (κ3) is 4.02. The maximum atomic E-state index is 12.6. The standard InChI is InChI=1S/C18H14F3NO5/c1-26-15-7-6-12(22(24)25)8-16(15)27-17(23)14-9-13(14)10-2-4-11(5-3-10)18(19,20)21/h2-8,13-14H,9H2,1H3. The summed E-state index contributed by atoms with van der Waals surface area (Å²) in [6, 6.07) is 8.26. The number of hydrogen-bond donors (Lipinski definition) is 0. The van der Waals surface area contributed by atoms with Crippen LogP contribution in [0.3, 0.4) is 0 Å². The quantitative estimate of drug-likeness (QED) is 0.333. The van der Waals surface area contributed by atoms with Crippen LogP contribution in [-0.4, -0.2) is 18.0 Å². The molecule has 0 spiro atoms. The Labute approximate surface area is 151 Å². The number of nitro groups is 1. The molecule has 0 aromatic heterocycles. The summed E-state index contributed by atoms with van der Waals surface area (Å²) in [5.74, 6) is -1.29. The smallest absolute Gasteiger partial charge is 0.416 e. The molecule has 0 N–H and O–H groups in total. The summed E-state index contributed by atoms with van der Waals surface area (Å²) in [4.78, 5) is 22.5. The fourth-order valence-corrected chi connectivity index (χ4v) is 2.79. The number of non-ortho nitro benzene ring substituents is 1. The summed E-state index contributed by atoms with van der Waals surface area (Å²) >= 11 is 0. The number of carbonyl (C=O) groups is 1. The van der Waals surface area contributed by atoms with E-state index in [0.717, 1.165) is 18.2 Å². The van der Waals surface area contributed by atoms with E-state index in [1.165, 1.54) is 31.4 Å². The number of methoxy groups -OCH3 is 1. The lowest BCUT2D eigenvalue weighted by Gasteiger charge is -2.09. The van der Waals surface area contributed by atoms with Crippen LogP contribution in [-0.2, 0) is 11.0 Å². The second-order valence-electron chi connectivity index (χ2n) is 6.08. The number of hydrogen-bond acceptors (Lipinski definition) is 5. The molecule has 2 aromatic rings. The monoisotopic (exact) mass is 381 g/mol. The van der Waals surface area contributed by atoms with E-state index in [1.807, 2.05) is 0 Å². The minimum absolute atomic E-state index is 0.0743. The molecule has 1 aliphatic carbocycles. The summed E-state index contributed by atoms with van der Waals surface area (Å²) in [5.41, 5.74) is -0.406. The Morgan fingerprint density at radius 2 is 1.81 bits per heavy atom. The van der Waals surface area contributed by atoms with Crippen molar-refractivity contribution in [2.75, 3.05) is 7.11 Å². The van der Waals surface area contributed by atoms with Gasteiger partial charge in [-0.05, 0) is 36.1 Å². The number of carbonyl (C=O) groups excluding carboxylic acids is 1. The van der Waals surface area contributed by atoms with Gasteiger partial charge >= 0.3 is 12.1 Å². The van der Waals surface area contributed by atoms with Gasteiger partial charge in [-0.25, -0.2) is 0 Å². The first-order valence-electron chi connectivity index (χ1n) is 7.92. The molecule has 2 aromatic carbocycles. The Kier molecular flexibility index (Phi) is 4.77. The largest absolute Gasteiger partial charge is 0.493 e. The molecule has 0 radical (unpaired) electrons. The summed E-state index contributed by atoms with van der Waals surface area (Å²) in [7, 11) is 1.33. The molecule has 27 heavy (non-hydrogen) atoms. The minimum atomic E-state index is -4.42. The maximum absolute atomic E-state index is 12.6. The number of benzene rings is 2. The highest BCUT2D eigenvalue weighted by molar-refractivity contribution is 5.80. The Hall–Kier alpha value is -3.10. The lowest BCUT2D eigenvalue weighted by molar-refractivity contribution is -0.384. The van der Waals surface area contributed by atoms with Crippen LogP contribution in [0, 0.1) is 16.0 Å². The molecule has 3 rings (SSSR count). The Balaban J connectivity index is 1.70. The number of esters is 1. The fourth-order valence-electron chi connectivity index (χ4n) is 2.79. The molecule has 142 valence electrons. The van der Waals surface area contributed by atoms with E-state index in [9.17, 15) is 28.1 Å². The van der Waals surface area contributed by atoms with Gasteiger partial charge in [-0.1, -0.05) is 12.1 Å². The van der Waals surface area contributed by atoms with Crippen molar-refractivity contribution in [2.45, 2.75) is 18.5 Å². The van der Waals surface area contributed by atoms with Gasteiger partial charge in [-0.3, -0.25) is 14.9 Å². The van der Waals surface area contributed by atoms with E-state index < -0.39 is 28.6 Å². The molecular weight excluding hydrogens is 367 g/mol. The van der Waals surface area contributed by atoms with Gasteiger partial charge in [0.05, 0.1) is 29.6 Å². The van der Waals surface area contributed by atoms with Crippen molar-refractivity contribution in [2.24, 2.45) is 5.92 Å². The average Bonchev–Trinajstić information content (AvgIpc) is 3.42. The van der Waals surface area contributed by atoms with Crippen LogP contribution in [0.2, 0.25) is 0 Å². The molecule has 2 unspecified atom stereocenters. The van der Waals surface area contributed by atoms with E-state index >= 15 is 0 Å². The normalized spacial score (nSPS) is 18.7. The van der Waals surface area contributed by atoms with Crippen LogP contribution in [0.1, 0.15) is 23.5 Å². The van der Waals surface area contributed by atoms with Crippen LogP contribution in [0.15, 0.2) is 42.5 Å². The van der Waals surface area contributed by atoms with Gasteiger partial charge in [0.25, 0.3) is 5.69 Å². The van der Waals surface area contributed by atoms with Gasteiger partial charge in [0.15, 0.2) is 11.5 Å². The Morgan fingerprint density at radius 3 is 2.37 bits per heavy atom. The highest BCUT2D eigenvalue weighted by Crippen LogP contribution is 2.49. The highest BCUT2D eigenvalue weighted by atomic mass is 19.4. The summed E-state index contributed by atoms with van der Waals surface area (Å²) in [5, 5.41) is 10.9. The van der Waals surface area contributed by atoms with Gasteiger partial charge in [0.1, 0.15) is 0 Å². The molecule has 1 aliphatic rings. The van der Waals surface area contributed by atoms with Crippen LogP contribution in [0.25, 0.3) is 0 Å². The zero-order valence-electron chi connectivity index (χ0n) is 14.0. The second kappa shape index (κ2) is 6.90. The molecule has 0 amide bonds. The Morgan fingerprint density at radius 1 is 1.15 bits per heavy atom. The second-order valence-corrected chi connectivity index (χ2v) is 6.08. The average molecular weight is 381 g/mol. The fraction of sp³-hybridized carbons (Fsp3) is 0.278. The zero-order valence-corrected chi connectivity index (χ0v) is 14.0. The van der Waals surface area contributed by atoms with Gasteiger partial charge in [0, 0.05) is 6.07 Å². The first kappa shape index (κ1) is 18.7. The van der Waals surface area contributed by atoms with Crippen molar-refractivity contribution in [1.82, 2.24) is 0 Å². The van der Waals surface area contributed by atoms with E-state index in [1.54, 1.807) is 0 Å². The highest BCUT2D eigenvalue weighted by Gasteiger charge is 2.46. The van der Waals surface area contributed by atoms with E-state index in [-0.39, 0.29) is 23.1 Å². The molecule has 0 bridgehead atoms. The number of ether oxygens (including phenoxy) is 2. The van der Waals surface area contributed by atoms with Crippen molar-refractivity contribution in [3.05, 3.63) is 63.7 Å². The molecule has 0 aliphatic heterocycles. The summed E-state index contributed by atoms with van der Waals surface area (Å²) in [6.07, 6.45) is -3.99. The van der Waals surface area contributed by atoms with Gasteiger partial charge in [0.2, 0.25) is 0 Å². The van der Waals surface area contributed by atoms with Crippen LogP contribution >= 0.6 is 0 Å². The first-order chi connectivity index (χ1) is 12.7. The number of rotatable bonds is 5. The molecule has 2 atom stereocenters. The molecule has 6 nitrogen and oxygen atoms in total. The summed E-state index contributed by atoms with van der Waals surface area (Å²) < 4.78 is 48.1. The predicted octanol–water partition coefficient (Wildman–Crippen LogP) is 4.33. The van der Waals surface area contributed by atoms with Crippen molar-refractivity contribution < 1.29 is 32.4 Å². The number of nitro benzene ring substituents is 1. The van der Waals surface area contributed by atoms with Gasteiger partial charge < -0.3 is 9.47 Å². The third-order valence-corrected chi connectivity index (χ3v) is 4.33. The molecule has 1 fully saturated rings. The zero-order chi connectivity index (χ0) is 19.8. The predicted molar refractivity (Wildman–Crippen MR) is 87.6 cm³/mol. The van der Waals surface area contributed by atoms with Crippen LogP contribution < -0.4 is 9.47 Å². The van der Waals surface area contributed by atoms with Crippen LogP contribution in [0.4, 0.5) is 18.9 Å². The summed E-state index contributed by atoms with van der Waals surface area (Å²) in [6.45, 7) is 0. The third-order valence-electron chi connectivity index (χ3n) is 4.33. The first-order valence-corrected chi connectivity index (χ1v) is 7.92. The van der Waals surface area contributed by atoms with Gasteiger partial charge in [-0.2, -0.15) is 13.2 Å². The Bertz CT molecular complexity index is 880. The van der Waals surface area contributed by atoms with Crippen molar-refractivity contribution in [3.8, 4) is 11.5 Å². The lowest BCUT2D eigenvalue weighted by Crippen LogP contribution is -2.12. The van der Waals surface area contributed by atoms with Gasteiger partial charge in [-0.15, -0.1) is 0 Å². The van der Waals surface area contributed by atoms with Crippen molar-refractivity contribution >= 4 is 11.7 Å². The van der Waals surface area contributed by atoms with Crippen molar-refractivity contribution in [3.63, 3.8) is 0 Å². The number of halogens is 3. The SMILES string of the molecule is COc1ccc([N+](=O)[O-])cc1OC(=O)C1CC1c1ccc(C(F)(F)F)cc1. The van der Waals surface area contributed by atoms with E-state index in [0.29, 0.717) is 12.0 Å².